The highest BCUT2D eigenvalue weighted by Crippen LogP contribution is 2.38. The maximum Gasteiger partial charge on any atom is 0.311 e. The minimum atomic E-state index is -0.793. The van der Waals surface area contributed by atoms with Gasteiger partial charge in [0.2, 0.25) is 5.91 Å². The Kier molecular flexibility index (Phi) is 4.94. The van der Waals surface area contributed by atoms with Crippen LogP contribution in [0.3, 0.4) is 0 Å². The first-order valence-corrected chi connectivity index (χ1v) is 7.41. The number of carbonyl (C=O) groups excluding carboxylic acids is 1. The number of carbonyl (C=O) groups is 2. The molecule has 1 aliphatic rings. The molecule has 0 radical (unpaired) electrons. The fraction of sp³-hybridized carbons (Fsp3) is 0.562. The molecule has 2 N–H and O–H groups in total. The molecule has 0 aliphatic heterocycles. The standard InChI is InChI=1S/C16H22N2O3/c1-12-2-6-16(7-3-12,15(20)21)11-18-14(19)10-13-4-8-17-9-5-13/h4-5,8-9,12H,2-3,6-7,10-11H2,1H3,(H,18,19)(H,20,21). The second kappa shape index (κ2) is 6.70. The SMILES string of the molecule is CC1CCC(CNC(=O)Cc2ccncc2)(C(=O)O)CC1. The fourth-order valence-electron chi connectivity index (χ4n) is 2.80. The first kappa shape index (κ1) is 15.5. The molecule has 1 amide bonds. The number of amides is 1. The predicted octanol–water partition coefficient (Wildman–Crippen LogP) is 2.02. The maximum absolute atomic E-state index is 12.0. The predicted molar refractivity (Wildman–Crippen MR) is 78.7 cm³/mol. The van der Waals surface area contributed by atoms with E-state index in [1.807, 2.05) is 0 Å². The number of carboxylic acid groups (broad SMARTS) is 1. The fourth-order valence-corrected chi connectivity index (χ4v) is 2.80. The monoisotopic (exact) mass is 290 g/mol. The zero-order chi connectivity index (χ0) is 15.3. The van der Waals surface area contributed by atoms with Crippen molar-refractivity contribution in [2.45, 2.75) is 39.0 Å². The van der Waals surface area contributed by atoms with E-state index >= 15 is 0 Å². The number of aromatic nitrogens is 1. The van der Waals surface area contributed by atoms with Crippen LogP contribution in [0.2, 0.25) is 0 Å². The highest BCUT2D eigenvalue weighted by atomic mass is 16.4. The van der Waals surface area contributed by atoms with Crippen LogP contribution in [-0.4, -0.2) is 28.5 Å². The molecule has 0 unspecified atom stereocenters. The first-order valence-electron chi connectivity index (χ1n) is 7.41. The minimum absolute atomic E-state index is 0.138. The zero-order valence-electron chi connectivity index (χ0n) is 12.3. The molecule has 114 valence electrons. The second-order valence-electron chi connectivity index (χ2n) is 6.08. The maximum atomic E-state index is 12.0. The molecule has 0 saturated heterocycles. The Morgan fingerprint density at radius 1 is 1.33 bits per heavy atom. The van der Waals surface area contributed by atoms with Crippen molar-refractivity contribution in [1.82, 2.24) is 10.3 Å². The number of hydrogen-bond donors (Lipinski definition) is 2. The molecule has 1 saturated carbocycles. The van der Waals surface area contributed by atoms with Crippen LogP contribution in [0.25, 0.3) is 0 Å². The molecule has 1 fully saturated rings. The van der Waals surface area contributed by atoms with E-state index in [1.54, 1.807) is 24.5 Å². The average molecular weight is 290 g/mol. The molecule has 0 bridgehead atoms. The van der Waals surface area contributed by atoms with E-state index in [0.717, 1.165) is 18.4 Å². The van der Waals surface area contributed by atoms with E-state index in [0.29, 0.717) is 18.8 Å². The number of carboxylic acids is 1. The lowest BCUT2D eigenvalue weighted by molar-refractivity contribution is -0.151. The molecule has 0 atom stereocenters. The Labute approximate surface area is 124 Å². The molecule has 21 heavy (non-hydrogen) atoms. The van der Waals surface area contributed by atoms with Crippen molar-refractivity contribution in [2.75, 3.05) is 6.54 Å². The third kappa shape index (κ3) is 4.03. The van der Waals surface area contributed by atoms with Crippen LogP contribution in [0.5, 0.6) is 0 Å². The molecule has 0 aromatic carbocycles. The summed E-state index contributed by atoms with van der Waals surface area (Å²) in [4.78, 5) is 27.5. The van der Waals surface area contributed by atoms with Crippen molar-refractivity contribution in [1.29, 1.82) is 0 Å². The van der Waals surface area contributed by atoms with Gasteiger partial charge in [0, 0.05) is 18.9 Å². The van der Waals surface area contributed by atoms with Crippen LogP contribution in [-0.2, 0) is 16.0 Å². The minimum Gasteiger partial charge on any atom is -0.481 e. The van der Waals surface area contributed by atoms with Crippen LogP contribution in [0.4, 0.5) is 0 Å². The second-order valence-corrected chi connectivity index (χ2v) is 6.08. The highest BCUT2D eigenvalue weighted by Gasteiger charge is 2.41. The molecule has 5 nitrogen and oxygen atoms in total. The van der Waals surface area contributed by atoms with Crippen molar-refractivity contribution < 1.29 is 14.7 Å². The number of rotatable bonds is 5. The Morgan fingerprint density at radius 2 is 1.95 bits per heavy atom. The molecular weight excluding hydrogens is 268 g/mol. The quantitative estimate of drug-likeness (QED) is 0.869. The van der Waals surface area contributed by atoms with Crippen molar-refractivity contribution in [3.05, 3.63) is 30.1 Å². The summed E-state index contributed by atoms with van der Waals surface area (Å²) in [5.41, 5.74) is 0.0876. The van der Waals surface area contributed by atoms with E-state index in [4.69, 9.17) is 0 Å². The van der Waals surface area contributed by atoms with Crippen LogP contribution < -0.4 is 5.32 Å². The van der Waals surface area contributed by atoms with Gasteiger partial charge in [0.15, 0.2) is 0 Å². The van der Waals surface area contributed by atoms with E-state index < -0.39 is 11.4 Å². The van der Waals surface area contributed by atoms with Gasteiger partial charge in [-0.15, -0.1) is 0 Å². The summed E-state index contributed by atoms with van der Waals surface area (Å²) in [6.07, 6.45) is 6.64. The van der Waals surface area contributed by atoms with Crippen molar-refractivity contribution >= 4 is 11.9 Å². The van der Waals surface area contributed by atoms with Gasteiger partial charge in [0.25, 0.3) is 0 Å². The molecule has 2 rings (SSSR count). The lowest BCUT2D eigenvalue weighted by Crippen LogP contribution is -2.45. The van der Waals surface area contributed by atoms with Gasteiger partial charge >= 0.3 is 5.97 Å². The summed E-state index contributed by atoms with van der Waals surface area (Å²) in [5.74, 6) is -0.357. The van der Waals surface area contributed by atoms with Crippen LogP contribution in [0, 0.1) is 11.3 Å². The molecule has 1 aromatic heterocycles. The van der Waals surface area contributed by atoms with Gasteiger partial charge in [0.1, 0.15) is 0 Å². The molecule has 5 heteroatoms. The number of aliphatic carboxylic acids is 1. The van der Waals surface area contributed by atoms with Crippen molar-refractivity contribution in [2.24, 2.45) is 11.3 Å². The van der Waals surface area contributed by atoms with Crippen molar-refractivity contribution in [3.8, 4) is 0 Å². The third-order valence-electron chi connectivity index (χ3n) is 4.42. The Hall–Kier alpha value is -1.91. The summed E-state index contributed by atoms with van der Waals surface area (Å²) in [6.45, 7) is 2.37. The van der Waals surface area contributed by atoms with Crippen LogP contribution in [0.1, 0.15) is 38.2 Å². The highest BCUT2D eigenvalue weighted by molar-refractivity contribution is 5.80. The Balaban J connectivity index is 1.90. The third-order valence-corrected chi connectivity index (χ3v) is 4.42. The van der Waals surface area contributed by atoms with Crippen molar-refractivity contribution in [3.63, 3.8) is 0 Å². The van der Waals surface area contributed by atoms with Gasteiger partial charge in [-0.25, -0.2) is 0 Å². The number of nitrogens with one attached hydrogen (secondary N) is 1. The topological polar surface area (TPSA) is 79.3 Å². The molecule has 1 aromatic rings. The van der Waals surface area contributed by atoms with Gasteiger partial charge < -0.3 is 10.4 Å². The Morgan fingerprint density at radius 3 is 2.52 bits per heavy atom. The van der Waals surface area contributed by atoms with Gasteiger partial charge in [-0.3, -0.25) is 14.6 Å². The van der Waals surface area contributed by atoms with Gasteiger partial charge in [-0.1, -0.05) is 6.92 Å². The van der Waals surface area contributed by atoms with E-state index in [2.05, 4.69) is 17.2 Å². The average Bonchev–Trinajstić information content (AvgIpc) is 2.48. The van der Waals surface area contributed by atoms with E-state index in [-0.39, 0.29) is 18.9 Å². The summed E-state index contributed by atoms with van der Waals surface area (Å²) in [5, 5.41) is 12.3. The largest absolute Gasteiger partial charge is 0.481 e. The van der Waals surface area contributed by atoms with Gasteiger partial charge in [-0.2, -0.15) is 0 Å². The smallest absolute Gasteiger partial charge is 0.311 e. The van der Waals surface area contributed by atoms with E-state index in [1.165, 1.54) is 0 Å². The van der Waals surface area contributed by atoms with Gasteiger partial charge in [0.05, 0.1) is 11.8 Å². The zero-order valence-corrected chi connectivity index (χ0v) is 12.3. The van der Waals surface area contributed by atoms with Crippen LogP contribution in [0.15, 0.2) is 24.5 Å². The normalized spacial score (nSPS) is 25.3. The molecule has 0 spiro atoms. The summed E-state index contributed by atoms with van der Waals surface area (Å²) < 4.78 is 0. The first-order chi connectivity index (χ1) is 10.0. The number of nitrogens with zero attached hydrogens (tertiary/aromatic N) is 1. The summed E-state index contributed by atoms with van der Waals surface area (Å²) in [7, 11) is 0. The molecule has 1 aliphatic carbocycles. The Bertz CT molecular complexity index is 494. The van der Waals surface area contributed by atoms with Gasteiger partial charge in [-0.05, 0) is 49.3 Å². The van der Waals surface area contributed by atoms with E-state index in [9.17, 15) is 14.7 Å². The van der Waals surface area contributed by atoms with Crippen LogP contribution >= 0.6 is 0 Å². The molecule has 1 heterocycles. The lowest BCUT2D eigenvalue weighted by Gasteiger charge is -2.35. The number of pyridine rings is 1. The lowest BCUT2D eigenvalue weighted by atomic mass is 9.71. The molecular formula is C16H22N2O3. The number of hydrogen-bond acceptors (Lipinski definition) is 3. The summed E-state index contributed by atoms with van der Waals surface area (Å²) in [6, 6.07) is 3.57. The summed E-state index contributed by atoms with van der Waals surface area (Å²) >= 11 is 0.